The van der Waals surface area contributed by atoms with E-state index < -0.39 is 17.9 Å². The van der Waals surface area contributed by atoms with Crippen LogP contribution >= 0.6 is 12.4 Å². The van der Waals surface area contributed by atoms with Gasteiger partial charge in [-0.15, -0.1) is 25.6 Å². The van der Waals surface area contributed by atoms with Crippen molar-refractivity contribution >= 4 is 12.4 Å². The number of benzene rings is 1. The number of hydrogen-bond acceptors (Lipinski definition) is 3. The Bertz CT molecular complexity index is 420. The fraction of sp³-hybridized carbons (Fsp3) is 0.500. The van der Waals surface area contributed by atoms with Gasteiger partial charge in [-0.25, -0.2) is 0 Å². The Hall–Kier alpha value is -1.14. The molecule has 2 rings (SSSR count). The SMILES string of the molecule is Cl.Oc1ccc(C2CCNCC2)cc1OC(F)(F)F. The second-order valence-electron chi connectivity index (χ2n) is 4.30. The number of halogens is 4. The van der Waals surface area contributed by atoms with Gasteiger partial charge >= 0.3 is 6.36 Å². The number of alkyl halides is 3. The average molecular weight is 298 g/mol. The summed E-state index contributed by atoms with van der Waals surface area (Å²) in [4.78, 5) is 0. The minimum Gasteiger partial charge on any atom is -0.504 e. The number of aromatic hydroxyl groups is 1. The van der Waals surface area contributed by atoms with Gasteiger partial charge in [-0.3, -0.25) is 0 Å². The summed E-state index contributed by atoms with van der Waals surface area (Å²) in [5.41, 5.74) is 0.772. The zero-order valence-electron chi connectivity index (χ0n) is 10.0. The number of hydrogen-bond donors (Lipinski definition) is 2. The van der Waals surface area contributed by atoms with Gasteiger partial charge in [0.2, 0.25) is 0 Å². The van der Waals surface area contributed by atoms with Crippen molar-refractivity contribution in [3.05, 3.63) is 23.8 Å². The number of rotatable bonds is 2. The summed E-state index contributed by atoms with van der Waals surface area (Å²) >= 11 is 0. The van der Waals surface area contributed by atoms with Crippen molar-refractivity contribution in [2.45, 2.75) is 25.1 Å². The first-order chi connectivity index (χ1) is 8.46. The van der Waals surface area contributed by atoms with Gasteiger partial charge in [0.1, 0.15) is 0 Å². The molecule has 3 nitrogen and oxygen atoms in total. The highest BCUT2D eigenvalue weighted by atomic mass is 35.5. The summed E-state index contributed by atoms with van der Waals surface area (Å²) in [5.74, 6) is -0.814. The molecule has 0 aliphatic carbocycles. The molecule has 108 valence electrons. The van der Waals surface area contributed by atoms with Crippen LogP contribution in [-0.4, -0.2) is 24.6 Å². The Labute approximate surface area is 115 Å². The van der Waals surface area contributed by atoms with Crippen LogP contribution in [0.5, 0.6) is 11.5 Å². The maximum atomic E-state index is 12.2. The molecule has 2 N–H and O–H groups in total. The average Bonchev–Trinajstić information content (AvgIpc) is 2.31. The van der Waals surface area contributed by atoms with Gasteiger partial charge in [-0.2, -0.15) is 0 Å². The Morgan fingerprint density at radius 1 is 1.21 bits per heavy atom. The van der Waals surface area contributed by atoms with E-state index in [9.17, 15) is 18.3 Å². The predicted octanol–water partition coefficient (Wildman–Crippen LogP) is 3.18. The molecule has 0 amide bonds. The molecule has 1 saturated heterocycles. The number of phenolic OH excluding ortho intramolecular Hbond substituents is 1. The molecule has 7 heteroatoms. The van der Waals surface area contributed by atoms with Crippen LogP contribution in [0.2, 0.25) is 0 Å². The zero-order chi connectivity index (χ0) is 13.2. The zero-order valence-corrected chi connectivity index (χ0v) is 10.9. The molecule has 1 heterocycles. The molecule has 1 aromatic rings. The van der Waals surface area contributed by atoms with Crippen LogP contribution in [0, 0.1) is 0 Å². The first kappa shape index (κ1) is 15.9. The van der Waals surface area contributed by atoms with Crippen LogP contribution in [0.15, 0.2) is 18.2 Å². The van der Waals surface area contributed by atoms with Gasteiger partial charge < -0.3 is 15.2 Å². The Morgan fingerprint density at radius 2 is 1.84 bits per heavy atom. The second kappa shape index (κ2) is 6.34. The smallest absolute Gasteiger partial charge is 0.504 e. The first-order valence-corrected chi connectivity index (χ1v) is 5.75. The Balaban J connectivity index is 0.00000180. The molecule has 0 saturated carbocycles. The molecular weight excluding hydrogens is 283 g/mol. The van der Waals surface area contributed by atoms with Crippen LogP contribution in [0.25, 0.3) is 0 Å². The molecule has 0 radical (unpaired) electrons. The minimum absolute atomic E-state index is 0. The number of phenols is 1. The van der Waals surface area contributed by atoms with E-state index in [2.05, 4.69) is 10.1 Å². The van der Waals surface area contributed by atoms with Crippen LogP contribution in [-0.2, 0) is 0 Å². The summed E-state index contributed by atoms with van der Waals surface area (Å²) < 4.78 is 40.3. The van der Waals surface area contributed by atoms with Crippen LogP contribution in [0.3, 0.4) is 0 Å². The highest BCUT2D eigenvalue weighted by molar-refractivity contribution is 5.85. The normalized spacial score (nSPS) is 16.8. The van der Waals surface area contributed by atoms with Crippen molar-refractivity contribution in [3.8, 4) is 11.5 Å². The molecule has 0 unspecified atom stereocenters. The van der Waals surface area contributed by atoms with Gasteiger partial charge in [0.25, 0.3) is 0 Å². The molecule has 0 spiro atoms. The molecule has 1 fully saturated rings. The van der Waals surface area contributed by atoms with E-state index >= 15 is 0 Å². The lowest BCUT2D eigenvalue weighted by Gasteiger charge is -2.23. The highest BCUT2D eigenvalue weighted by Crippen LogP contribution is 2.35. The third kappa shape index (κ3) is 4.47. The third-order valence-corrected chi connectivity index (χ3v) is 3.02. The van der Waals surface area contributed by atoms with Crippen molar-refractivity contribution < 1.29 is 23.0 Å². The summed E-state index contributed by atoms with van der Waals surface area (Å²) in [6.45, 7) is 1.70. The maximum absolute atomic E-state index is 12.2. The largest absolute Gasteiger partial charge is 0.573 e. The predicted molar refractivity (Wildman–Crippen MR) is 66.9 cm³/mol. The molecule has 1 aliphatic heterocycles. The first-order valence-electron chi connectivity index (χ1n) is 5.75. The van der Waals surface area contributed by atoms with E-state index in [1.54, 1.807) is 6.07 Å². The van der Waals surface area contributed by atoms with Crippen LogP contribution < -0.4 is 10.1 Å². The maximum Gasteiger partial charge on any atom is 0.573 e. The van der Waals surface area contributed by atoms with Crippen molar-refractivity contribution in [1.82, 2.24) is 5.32 Å². The fourth-order valence-electron chi connectivity index (χ4n) is 2.15. The van der Waals surface area contributed by atoms with E-state index in [0.717, 1.165) is 31.5 Å². The van der Waals surface area contributed by atoms with E-state index in [1.165, 1.54) is 12.1 Å². The standard InChI is InChI=1S/C12H14F3NO2.ClH/c13-12(14,15)18-11-7-9(1-2-10(11)17)8-3-5-16-6-4-8;/h1-2,7-8,16-17H,3-6H2;1H. The van der Waals surface area contributed by atoms with Gasteiger partial charge in [0.05, 0.1) is 0 Å². The fourth-order valence-corrected chi connectivity index (χ4v) is 2.15. The molecular formula is C12H15ClF3NO2. The van der Waals surface area contributed by atoms with E-state index in [0.29, 0.717) is 0 Å². The van der Waals surface area contributed by atoms with E-state index in [4.69, 9.17) is 0 Å². The lowest BCUT2D eigenvalue weighted by atomic mass is 9.90. The summed E-state index contributed by atoms with van der Waals surface area (Å²) in [7, 11) is 0. The van der Waals surface area contributed by atoms with Gasteiger partial charge in [0.15, 0.2) is 11.5 Å². The molecule has 1 aromatic carbocycles. The molecule has 1 aliphatic rings. The number of piperidine rings is 1. The number of ether oxygens (including phenoxy) is 1. The van der Waals surface area contributed by atoms with Crippen molar-refractivity contribution in [1.29, 1.82) is 0 Å². The third-order valence-electron chi connectivity index (χ3n) is 3.02. The van der Waals surface area contributed by atoms with E-state index in [-0.39, 0.29) is 18.3 Å². The Morgan fingerprint density at radius 3 is 2.42 bits per heavy atom. The lowest BCUT2D eigenvalue weighted by molar-refractivity contribution is -0.275. The van der Waals surface area contributed by atoms with Crippen molar-refractivity contribution in [3.63, 3.8) is 0 Å². The summed E-state index contributed by atoms with van der Waals surface area (Å²) in [6, 6.07) is 4.17. The molecule has 0 bridgehead atoms. The topological polar surface area (TPSA) is 41.5 Å². The number of nitrogens with one attached hydrogen (secondary N) is 1. The molecule has 0 atom stereocenters. The Kier molecular flexibility index (Phi) is 5.31. The van der Waals surface area contributed by atoms with Gasteiger partial charge in [-0.05, 0) is 49.5 Å². The molecule has 0 aromatic heterocycles. The van der Waals surface area contributed by atoms with E-state index in [1.807, 2.05) is 0 Å². The van der Waals surface area contributed by atoms with Crippen LogP contribution in [0.4, 0.5) is 13.2 Å². The quantitative estimate of drug-likeness (QED) is 0.881. The summed E-state index contributed by atoms with van der Waals surface area (Å²) in [6.07, 6.45) is -3.04. The second-order valence-corrected chi connectivity index (χ2v) is 4.30. The monoisotopic (exact) mass is 297 g/mol. The molecule has 19 heavy (non-hydrogen) atoms. The highest BCUT2D eigenvalue weighted by Gasteiger charge is 2.32. The van der Waals surface area contributed by atoms with Crippen molar-refractivity contribution in [2.24, 2.45) is 0 Å². The van der Waals surface area contributed by atoms with Crippen molar-refractivity contribution in [2.75, 3.05) is 13.1 Å². The van der Waals surface area contributed by atoms with Crippen LogP contribution in [0.1, 0.15) is 24.3 Å². The summed E-state index contributed by atoms with van der Waals surface area (Å²) in [5, 5.41) is 12.5. The lowest BCUT2D eigenvalue weighted by Crippen LogP contribution is -2.26. The van der Waals surface area contributed by atoms with Gasteiger partial charge in [0, 0.05) is 0 Å². The minimum atomic E-state index is -4.79. The van der Waals surface area contributed by atoms with Gasteiger partial charge in [-0.1, -0.05) is 6.07 Å².